The van der Waals surface area contributed by atoms with Gasteiger partial charge in [-0.3, -0.25) is 4.68 Å². The minimum absolute atomic E-state index is 0.0202. The number of urea groups is 1. The van der Waals surface area contributed by atoms with Gasteiger partial charge in [0.1, 0.15) is 6.33 Å². The maximum Gasteiger partial charge on any atom is 0.322 e. The number of aryl methyl sites for hydroxylation is 1. The number of nitrogens with one attached hydrogen (secondary N) is 1. The Bertz CT molecular complexity index is 745. The quantitative estimate of drug-likeness (QED) is 0.918. The Morgan fingerprint density at radius 1 is 1.35 bits per heavy atom. The van der Waals surface area contributed by atoms with E-state index >= 15 is 0 Å². The molecule has 2 amide bonds. The number of nitrogens with zero attached hydrogens (tertiary/aromatic N) is 4. The van der Waals surface area contributed by atoms with Crippen molar-refractivity contribution in [3.05, 3.63) is 29.5 Å². The van der Waals surface area contributed by atoms with Crippen molar-refractivity contribution in [1.29, 1.82) is 0 Å². The molecule has 0 saturated carbocycles. The van der Waals surface area contributed by atoms with E-state index in [1.54, 1.807) is 24.1 Å². The van der Waals surface area contributed by atoms with Crippen LogP contribution in [0.25, 0.3) is 11.4 Å². The lowest BCUT2D eigenvalue weighted by Crippen LogP contribution is -2.62. The van der Waals surface area contributed by atoms with Gasteiger partial charge in [0, 0.05) is 30.4 Å². The van der Waals surface area contributed by atoms with Crippen LogP contribution in [0.1, 0.15) is 25.7 Å². The van der Waals surface area contributed by atoms with Crippen LogP contribution in [0.15, 0.2) is 24.5 Å². The molecule has 2 aliphatic heterocycles. The second-order valence-corrected chi connectivity index (χ2v) is 6.66. The number of rotatable bonds is 2. The predicted molar refractivity (Wildman–Crippen MR) is 88.4 cm³/mol. The van der Waals surface area contributed by atoms with Crippen molar-refractivity contribution < 1.29 is 4.79 Å². The molecule has 0 spiro atoms. The Balaban J connectivity index is 1.54. The Morgan fingerprint density at radius 2 is 2.13 bits per heavy atom. The summed E-state index contributed by atoms with van der Waals surface area (Å²) in [6, 6.07) is 6.21. The molecule has 2 saturated heterocycles. The first kappa shape index (κ1) is 14.5. The molecule has 120 valence electrons. The molecule has 4 rings (SSSR count). The number of carbonyl (C=O) groups is 1. The highest BCUT2D eigenvalue weighted by molar-refractivity contribution is 6.33. The number of halogens is 1. The molecule has 2 aliphatic rings. The normalized spacial score (nSPS) is 22.6. The molecule has 1 N–H and O–H groups in total. The van der Waals surface area contributed by atoms with Gasteiger partial charge in [0.15, 0.2) is 5.82 Å². The second-order valence-electron chi connectivity index (χ2n) is 6.25. The summed E-state index contributed by atoms with van der Waals surface area (Å²) in [7, 11) is 1.80. The van der Waals surface area contributed by atoms with Gasteiger partial charge in [-0.05, 0) is 43.9 Å². The highest BCUT2D eigenvalue weighted by Gasteiger charge is 2.44. The maximum absolute atomic E-state index is 12.5. The topological polar surface area (TPSA) is 63.1 Å². The summed E-state index contributed by atoms with van der Waals surface area (Å²) in [5, 5.41) is 7.82. The van der Waals surface area contributed by atoms with E-state index in [2.05, 4.69) is 15.4 Å². The van der Waals surface area contributed by atoms with Gasteiger partial charge in [-0.2, -0.15) is 5.10 Å². The van der Waals surface area contributed by atoms with Crippen LogP contribution in [0.5, 0.6) is 0 Å². The zero-order valence-electron chi connectivity index (χ0n) is 12.9. The summed E-state index contributed by atoms with van der Waals surface area (Å²) in [5.41, 5.74) is 1.43. The van der Waals surface area contributed by atoms with Crippen LogP contribution < -0.4 is 5.32 Å². The average molecular weight is 332 g/mol. The number of piperidine rings is 1. The summed E-state index contributed by atoms with van der Waals surface area (Å²) in [5.74, 6) is 0.550. The molecule has 6 nitrogen and oxygen atoms in total. The van der Waals surface area contributed by atoms with Gasteiger partial charge in [0.05, 0.1) is 5.02 Å². The molecule has 2 bridgehead atoms. The van der Waals surface area contributed by atoms with Gasteiger partial charge in [-0.15, -0.1) is 0 Å². The van der Waals surface area contributed by atoms with Crippen LogP contribution in [-0.2, 0) is 7.05 Å². The minimum atomic E-state index is -0.0202. The molecule has 1 aromatic carbocycles. The Kier molecular flexibility index (Phi) is 3.49. The molecular weight excluding hydrogens is 314 g/mol. The smallest absolute Gasteiger partial charge is 0.318 e. The Labute approximate surface area is 139 Å². The van der Waals surface area contributed by atoms with Crippen LogP contribution in [0.4, 0.5) is 10.5 Å². The van der Waals surface area contributed by atoms with E-state index in [4.69, 9.17) is 11.6 Å². The van der Waals surface area contributed by atoms with E-state index in [9.17, 15) is 4.79 Å². The van der Waals surface area contributed by atoms with Crippen molar-refractivity contribution >= 4 is 23.3 Å². The zero-order chi connectivity index (χ0) is 16.0. The Hall–Kier alpha value is -2.08. The maximum atomic E-state index is 12.5. The highest BCUT2D eigenvalue weighted by atomic mass is 35.5. The molecule has 0 radical (unpaired) electrons. The van der Waals surface area contributed by atoms with E-state index in [1.807, 2.05) is 17.0 Å². The number of aromatic nitrogens is 3. The largest absolute Gasteiger partial charge is 0.322 e. The molecular formula is C16H18ClN5O. The number of carbonyl (C=O) groups excluding carboxylic acids is 1. The van der Waals surface area contributed by atoms with Crippen molar-refractivity contribution in [3.63, 3.8) is 0 Å². The molecule has 2 aromatic rings. The molecule has 23 heavy (non-hydrogen) atoms. The first-order valence-corrected chi connectivity index (χ1v) is 8.24. The predicted octanol–water partition coefficient (Wildman–Crippen LogP) is 3.29. The third-order valence-electron chi connectivity index (χ3n) is 4.70. The SMILES string of the molecule is Cn1cnc(-c2cc(NC(=O)N3C4CCCC3C4)ccc2Cl)n1. The lowest BCUT2D eigenvalue weighted by molar-refractivity contribution is 0.0173. The van der Waals surface area contributed by atoms with Crippen molar-refractivity contribution in [2.24, 2.45) is 7.05 Å². The van der Waals surface area contributed by atoms with Gasteiger partial charge in [-0.25, -0.2) is 9.78 Å². The Morgan fingerprint density at radius 3 is 2.78 bits per heavy atom. The number of fused-ring (bicyclic) bond motifs is 2. The van der Waals surface area contributed by atoms with Crippen LogP contribution in [0.2, 0.25) is 5.02 Å². The third kappa shape index (κ3) is 2.57. The number of benzene rings is 1. The molecule has 2 unspecified atom stereocenters. The fourth-order valence-electron chi connectivity index (χ4n) is 3.56. The minimum Gasteiger partial charge on any atom is -0.318 e. The number of hydrogen-bond acceptors (Lipinski definition) is 3. The number of anilines is 1. The van der Waals surface area contributed by atoms with Gasteiger partial charge in [-0.1, -0.05) is 11.6 Å². The molecule has 3 heterocycles. The van der Waals surface area contributed by atoms with Crippen molar-refractivity contribution in [1.82, 2.24) is 19.7 Å². The van der Waals surface area contributed by atoms with Crippen molar-refractivity contribution in [2.45, 2.75) is 37.8 Å². The summed E-state index contributed by atoms with van der Waals surface area (Å²) >= 11 is 6.24. The fraction of sp³-hybridized carbons (Fsp3) is 0.438. The molecule has 2 atom stereocenters. The van der Waals surface area contributed by atoms with Crippen LogP contribution in [-0.4, -0.2) is 37.8 Å². The van der Waals surface area contributed by atoms with Crippen LogP contribution in [0, 0.1) is 0 Å². The van der Waals surface area contributed by atoms with Gasteiger partial charge in [0.2, 0.25) is 0 Å². The van der Waals surface area contributed by atoms with Gasteiger partial charge < -0.3 is 10.2 Å². The number of amides is 2. The standard InChI is InChI=1S/C16H18ClN5O/c1-21-9-18-15(20-21)13-7-10(5-6-14(13)17)19-16(23)22-11-3-2-4-12(22)8-11/h5-7,9,11-12H,2-4,8H2,1H3,(H,19,23). The highest BCUT2D eigenvalue weighted by Crippen LogP contribution is 2.38. The molecule has 1 aromatic heterocycles. The molecule has 0 aliphatic carbocycles. The third-order valence-corrected chi connectivity index (χ3v) is 5.03. The van der Waals surface area contributed by atoms with E-state index in [0.717, 1.165) is 19.3 Å². The molecule has 7 heteroatoms. The lowest BCUT2D eigenvalue weighted by Gasteiger charge is -2.52. The van der Waals surface area contributed by atoms with Crippen molar-refractivity contribution in [3.8, 4) is 11.4 Å². The van der Waals surface area contributed by atoms with E-state index in [0.29, 0.717) is 34.2 Å². The summed E-state index contributed by atoms with van der Waals surface area (Å²) < 4.78 is 1.62. The molecule has 2 fully saturated rings. The summed E-state index contributed by atoms with van der Waals surface area (Å²) in [6.45, 7) is 0. The summed E-state index contributed by atoms with van der Waals surface area (Å²) in [6.07, 6.45) is 6.24. The number of hydrogen-bond donors (Lipinski definition) is 1. The summed E-state index contributed by atoms with van der Waals surface area (Å²) in [4.78, 5) is 18.7. The van der Waals surface area contributed by atoms with Crippen LogP contribution >= 0.6 is 11.6 Å². The first-order valence-electron chi connectivity index (χ1n) is 7.86. The van der Waals surface area contributed by atoms with Crippen LogP contribution in [0.3, 0.4) is 0 Å². The second kappa shape index (κ2) is 5.53. The van der Waals surface area contributed by atoms with Gasteiger partial charge in [0.25, 0.3) is 0 Å². The van der Waals surface area contributed by atoms with E-state index < -0.39 is 0 Å². The first-order chi connectivity index (χ1) is 11.1. The average Bonchev–Trinajstić information content (AvgIpc) is 2.96. The fourth-order valence-corrected chi connectivity index (χ4v) is 3.76. The lowest BCUT2D eigenvalue weighted by atomic mass is 9.80. The van der Waals surface area contributed by atoms with E-state index in [1.165, 1.54) is 6.42 Å². The zero-order valence-corrected chi connectivity index (χ0v) is 13.6. The van der Waals surface area contributed by atoms with Gasteiger partial charge >= 0.3 is 6.03 Å². The van der Waals surface area contributed by atoms with Crippen molar-refractivity contribution in [2.75, 3.05) is 5.32 Å². The monoisotopic (exact) mass is 331 g/mol. The van der Waals surface area contributed by atoms with E-state index in [-0.39, 0.29) is 6.03 Å².